The summed E-state index contributed by atoms with van der Waals surface area (Å²) in [5, 5.41) is 15.3. The molecule has 0 radical (unpaired) electrons. The van der Waals surface area contributed by atoms with E-state index < -0.39 is 31.6 Å². The van der Waals surface area contributed by atoms with Crippen molar-refractivity contribution in [3.8, 4) is 0 Å². The van der Waals surface area contributed by atoms with Crippen LogP contribution in [-0.4, -0.2) is 67.0 Å². The Morgan fingerprint density at radius 1 is 1.02 bits per heavy atom. The van der Waals surface area contributed by atoms with Gasteiger partial charge in [-0.15, -0.1) is 0 Å². The third-order valence-corrected chi connectivity index (χ3v) is 7.97. The van der Waals surface area contributed by atoms with Crippen LogP contribution in [0.2, 0.25) is 0 Å². The molecule has 0 aliphatic carbocycles. The van der Waals surface area contributed by atoms with E-state index in [9.17, 15) is 18.9 Å². The summed E-state index contributed by atoms with van der Waals surface area (Å²) in [4.78, 5) is 38.5. The van der Waals surface area contributed by atoms with E-state index in [2.05, 4.69) is 15.5 Å². The lowest BCUT2D eigenvalue weighted by Crippen LogP contribution is -2.48. The largest absolute Gasteiger partial charge is 0.461 e. The number of hydrogen-bond acceptors (Lipinski definition) is 10. The van der Waals surface area contributed by atoms with Crippen molar-refractivity contribution in [3.63, 3.8) is 0 Å². The molecule has 2 aromatic rings. The van der Waals surface area contributed by atoms with Gasteiger partial charge in [0.05, 0.1) is 19.3 Å². The minimum Gasteiger partial charge on any atom is -0.461 e. The number of carbonyl (C=O) groups excluding carboxylic acids is 3. The van der Waals surface area contributed by atoms with Gasteiger partial charge in [-0.2, -0.15) is 4.67 Å². The van der Waals surface area contributed by atoms with Gasteiger partial charge >= 0.3 is 11.9 Å². The number of nitrogens with one attached hydrogen (secondary N) is 2. The lowest BCUT2D eigenvalue weighted by atomic mass is 10.1. The predicted octanol–water partition coefficient (Wildman–Crippen LogP) is 3.40. The highest BCUT2D eigenvalue weighted by Crippen LogP contribution is 2.44. The van der Waals surface area contributed by atoms with E-state index in [0.717, 1.165) is 19.4 Å². The number of rotatable bonds is 10. The Bertz CT molecular complexity index is 1110. The zero-order valence-corrected chi connectivity index (χ0v) is 27.1. The lowest BCUT2D eigenvalue weighted by Gasteiger charge is -2.19. The molecule has 12 heteroatoms. The number of aliphatic hydroxyl groups is 1. The van der Waals surface area contributed by atoms with Gasteiger partial charge in [-0.3, -0.25) is 9.36 Å². The van der Waals surface area contributed by atoms with E-state index in [1.807, 2.05) is 43.3 Å². The van der Waals surface area contributed by atoms with E-state index in [4.69, 9.17) is 19.3 Å². The van der Waals surface area contributed by atoms with Crippen molar-refractivity contribution in [3.05, 3.63) is 60.7 Å². The van der Waals surface area contributed by atoms with E-state index >= 15 is 0 Å². The van der Waals surface area contributed by atoms with Crippen molar-refractivity contribution in [2.45, 2.75) is 84.6 Å². The van der Waals surface area contributed by atoms with Crippen LogP contribution < -0.4 is 21.2 Å². The molecule has 43 heavy (non-hydrogen) atoms. The number of amides is 1. The molecule has 0 aromatic heterocycles. The quantitative estimate of drug-likeness (QED) is 0.156. The van der Waals surface area contributed by atoms with Gasteiger partial charge in [-0.05, 0) is 84.7 Å². The minimum absolute atomic E-state index is 0.102. The van der Waals surface area contributed by atoms with Crippen LogP contribution in [0, 0.1) is 0 Å². The number of aliphatic hydroxyl groups excluding tert-OH is 1. The lowest BCUT2D eigenvalue weighted by molar-refractivity contribution is -0.173. The van der Waals surface area contributed by atoms with Crippen LogP contribution in [0.25, 0.3) is 0 Å². The zero-order valence-electron chi connectivity index (χ0n) is 26.2. The number of hydrogen-bond donors (Lipinski definition) is 3. The van der Waals surface area contributed by atoms with Gasteiger partial charge in [0, 0.05) is 10.6 Å². The molecule has 240 valence electrons. The third kappa shape index (κ3) is 14.3. The van der Waals surface area contributed by atoms with Gasteiger partial charge in [0.2, 0.25) is 5.91 Å². The molecule has 0 bridgehead atoms. The summed E-state index contributed by atoms with van der Waals surface area (Å²) >= 11 is 0. The number of esters is 2. The first-order chi connectivity index (χ1) is 20.3. The van der Waals surface area contributed by atoms with E-state index in [1.165, 1.54) is 7.11 Å². The van der Waals surface area contributed by atoms with Gasteiger partial charge < -0.3 is 25.2 Å². The highest BCUT2D eigenvalue weighted by atomic mass is 31.2. The normalized spacial score (nSPS) is 15.2. The second kappa shape index (κ2) is 19.2. The summed E-state index contributed by atoms with van der Waals surface area (Å²) in [6.07, 6.45) is 2.23. The Hall–Kier alpha value is -3.08. The molecule has 2 atom stereocenters. The summed E-state index contributed by atoms with van der Waals surface area (Å²) in [6.45, 7) is 11.0. The van der Waals surface area contributed by atoms with Crippen molar-refractivity contribution < 1.29 is 43.1 Å². The highest BCUT2D eigenvalue weighted by Gasteiger charge is 2.29. The van der Waals surface area contributed by atoms with Crippen molar-refractivity contribution in [2.75, 3.05) is 20.3 Å². The molecule has 1 fully saturated rings. The Morgan fingerprint density at radius 3 is 1.91 bits per heavy atom. The molecule has 3 N–H and O–H groups in total. The average molecular weight is 623 g/mol. The molecule has 1 heterocycles. The maximum Gasteiger partial charge on any atom is 0.332 e. The second-order valence-electron chi connectivity index (χ2n) is 10.8. The van der Waals surface area contributed by atoms with Gasteiger partial charge in [-0.25, -0.2) is 14.5 Å². The molecule has 1 aliphatic rings. The Kier molecular flexibility index (Phi) is 17.0. The van der Waals surface area contributed by atoms with Crippen LogP contribution in [0.4, 0.5) is 0 Å². The van der Waals surface area contributed by atoms with Crippen molar-refractivity contribution in [1.82, 2.24) is 10.6 Å². The maximum atomic E-state index is 12.9. The molecule has 0 saturated carbocycles. The molecule has 0 spiro atoms. The molecule has 0 unspecified atom stereocenters. The van der Waals surface area contributed by atoms with E-state index in [0.29, 0.717) is 17.0 Å². The van der Waals surface area contributed by atoms with Gasteiger partial charge in [0.15, 0.2) is 0 Å². The van der Waals surface area contributed by atoms with Crippen LogP contribution in [0.1, 0.15) is 60.8 Å². The topological polar surface area (TPSA) is 149 Å². The monoisotopic (exact) mass is 622 g/mol. The molecule has 1 saturated heterocycles. The first-order valence-electron chi connectivity index (χ1n) is 14.3. The summed E-state index contributed by atoms with van der Waals surface area (Å²) < 4.78 is 27.7. The minimum atomic E-state index is -3.15. The van der Waals surface area contributed by atoms with Gasteiger partial charge in [-0.1, -0.05) is 43.3 Å². The SMILES string of the molecule is CC(C)(C)OC(=O)CO.CC[C@H](NC(=O)[C@@H]1CCCN1)C(=O)OC(C)C.COOP(=O)(c1ccccc1)c1ccccc1. The zero-order chi connectivity index (χ0) is 32.5. The molecule has 3 rings (SSSR count). The third-order valence-electron chi connectivity index (χ3n) is 5.66. The molecule has 2 aromatic carbocycles. The summed E-state index contributed by atoms with van der Waals surface area (Å²) in [5.74, 6) is -1.04. The number of carbonyl (C=O) groups is 3. The van der Waals surface area contributed by atoms with E-state index in [1.54, 1.807) is 58.9 Å². The van der Waals surface area contributed by atoms with Crippen LogP contribution in [-0.2, 0) is 38.0 Å². The fourth-order valence-electron chi connectivity index (χ4n) is 3.79. The van der Waals surface area contributed by atoms with Crippen LogP contribution >= 0.6 is 7.37 Å². The van der Waals surface area contributed by atoms with Crippen molar-refractivity contribution in [2.24, 2.45) is 0 Å². The van der Waals surface area contributed by atoms with Gasteiger partial charge in [0.1, 0.15) is 18.2 Å². The first-order valence-corrected chi connectivity index (χ1v) is 15.9. The fraction of sp³-hybridized carbons (Fsp3) is 0.516. The van der Waals surface area contributed by atoms with Crippen molar-refractivity contribution in [1.29, 1.82) is 0 Å². The summed E-state index contributed by atoms with van der Waals surface area (Å²) in [5.41, 5.74) is -0.486. The standard InChI is InChI=1S/C13H13O3P.C12H22N2O3.C6H12O3/c1-15-16-17(14,12-8-4-2-5-9-12)13-10-6-3-7-11-13;1-4-9(12(16)17-8(2)3)14-11(15)10-6-5-7-13-10;1-6(2,3)9-5(8)4-7/h2-11H,1H3;8-10,13H,4-7H2,1-3H3,(H,14,15);7H,4H2,1-3H3/t;9-,10-;/m.0./s1. The molecular formula is C31H47N2O9P. The smallest absolute Gasteiger partial charge is 0.332 e. The van der Waals surface area contributed by atoms with Crippen molar-refractivity contribution >= 4 is 35.8 Å². The number of ether oxygens (including phenoxy) is 2. The molecule has 11 nitrogen and oxygen atoms in total. The predicted molar refractivity (Wildman–Crippen MR) is 165 cm³/mol. The second-order valence-corrected chi connectivity index (χ2v) is 13.1. The Morgan fingerprint density at radius 2 is 1.56 bits per heavy atom. The molecule has 1 amide bonds. The van der Waals surface area contributed by atoms with E-state index in [-0.39, 0.29) is 24.0 Å². The van der Waals surface area contributed by atoms with Crippen LogP contribution in [0.3, 0.4) is 0 Å². The average Bonchev–Trinajstić information content (AvgIpc) is 3.52. The molecular weight excluding hydrogens is 575 g/mol. The van der Waals surface area contributed by atoms with Crippen LogP contribution in [0.5, 0.6) is 0 Å². The van der Waals surface area contributed by atoms with Crippen LogP contribution in [0.15, 0.2) is 60.7 Å². The maximum absolute atomic E-state index is 12.9. The number of benzene rings is 2. The molecule has 1 aliphatic heterocycles. The van der Waals surface area contributed by atoms with Gasteiger partial charge in [0.25, 0.3) is 7.37 Å². The summed E-state index contributed by atoms with van der Waals surface area (Å²) in [7, 11) is -1.79. The fourth-order valence-corrected chi connectivity index (χ4v) is 5.59. The first kappa shape index (κ1) is 37.9. The Balaban J connectivity index is 0.000000340. The summed E-state index contributed by atoms with van der Waals surface area (Å²) in [6, 6.07) is 17.4. The Labute approximate surface area is 255 Å². The highest BCUT2D eigenvalue weighted by molar-refractivity contribution is 7.74.